The highest BCUT2D eigenvalue weighted by Gasteiger charge is 2.37. The molecular formula is C35H35N5O6. The number of methoxy groups -OCH3 is 1. The maximum absolute atomic E-state index is 14.2. The van der Waals surface area contributed by atoms with Gasteiger partial charge in [0.1, 0.15) is 11.7 Å². The molecule has 2 unspecified atom stereocenters. The van der Waals surface area contributed by atoms with Crippen LogP contribution >= 0.6 is 0 Å². The normalized spacial score (nSPS) is 15.0. The summed E-state index contributed by atoms with van der Waals surface area (Å²) in [6.07, 6.45) is -0.493. The summed E-state index contributed by atoms with van der Waals surface area (Å²) in [5.74, 6) is -1.07. The number of esters is 1. The first-order chi connectivity index (χ1) is 22.4. The van der Waals surface area contributed by atoms with E-state index in [4.69, 9.17) is 14.5 Å². The SMILES string of the molecule is CCOC(=O)N1CCNCC1C(=O)C(Cc1ccc(C(=O)OC)cc1)NC(=O)c1cc(-c2ccccc2)nc(-c2ccccc2)n1. The van der Waals surface area contributed by atoms with Crippen LogP contribution in [-0.4, -0.2) is 84.1 Å². The number of hydrogen-bond donors (Lipinski definition) is 2. The van der Waals surface area contributed by atoms with Crippen LogP contribution in [0.5, 0.6) is 0 Å². The zero-order valence-electron chi connectivity index (χ0n) is 25.6. The van der Waals surface area contributed by atoms with Gasteiger partial charge in [0.15, 0.2) is 11.6 Å². The van der Waals surface area contributed by atoms with E-state index in [0.717, 1.165) is 11.1 Å². The lowest BCUT2D eigenvalue weighted by Crippen LogP contribution is -2.61. The van der Waals surface area contributed by atoms with E-state index >= 15 is 0 Å². The number of hydrogen-bond acceptors (Lipinski definition) is 9. The maximum atomic E-state index is 14.2. The molecule has 0 spiro atoms. The fourth-order valence-electron chi connectivity index (χ4n) is 5.24. The highest BCUT2D eigenvalue weighted by molar-refractivity contribution is 6.00. The molecule has 0 saturated carbocycles. The number of amides is 2. The molecular weight excluding hydrogens is 586 g/mol. The minimum Gasteiger partial charge on any atom is -0.465 e. The summed E-state index contributed by atoms with van der Waals surface area (Å²) in [6, 6.07) is 25.0. The van der Waals surface area contributed by atoms with Crippen molar-refractivity contribution < 1.29 is 28.7 Å². The third-order valence-electron chi connectivity index (χ3n) is 7.60. The quantitative estimate of drug-likeness (QED) is 0.252. The Morgan fingerprint density at radius 3 is 2.26 bits per heavy atom. The average molecular weight is 622 g/mol. The largest absolute Gasteiger partial charge is 0.465 e. The number of aromatic nitrogens is 2. The van der Waals surface area contributed by atoms with Gasteiger partial charge in [0, 0.05) is 30.8 Å². The number of ether oxygens (including phenoxy) is 2. The van der Waals surface area contributed by atoms with Crippen molar-refractivity contribution in [1.29, 1.82) is 0 Å². The summed E-state index contributed by atoms with van der Waals surface area (Å²) in [6.45, 7) is 2.84. The summed E-state index contributed by atoms with van der Waals surface area (Å²) >= 11 is 0. The molecule has 0 aliphatic carbocycles. The van der Waals surface area contributed by atoms with Crippen molar-refractivity contribution in [1.82, 2.24) is 25.5 Å². The zero-order valence-corrected chi connectivity index (χ0v) is 25.6. The predicted molar refractivity (Wildman–Crippen MR) is 171 cm³/mol. The van der Waals surface area contributed by atoms with Gasteiger partial charge in [0.2, 0.25) is 0 Å². The Kier molecular flexibility index (Phi) is 10.5. The molecule has 46 heavy (non-hydrogen) atoms. The van der Waals surface area contributed by atoms with Gasteiger partial charge in [-0.3, -0.25) is 14.5 Å². The summed E-state index contributed by atoms with van der Waals surface area (Å²) in [7, 11) is 1.30. The number of ketones is 1. The van der Waals surface area contributed by atoms with E-state index < -0.39 is 30.1 Å². The summed E-state index contributed by atoms with van der Waals surface area (Å²) in [5.41, 5.74) is 3.20. The number of nitrogens with one attached hydrogen (secondary N) is 2. The van der Waals surface area contributed by atoms with Crippen molar-refractivity contribution in [3.63, 3.8) is 0 Å². The van der Waals surface area contributed by atoms with Gasteiger partial charge >= 0.3 is 12.1 Å². The first-order valence-corrected chi connectivity index (χ1v) is 15.0. The second-order valence-electron chi connectivity index (χ2n) is 10.6. The number of nitrogens with zero attached hydrogens (tertiary/aromatic N) is 3. The number of carbonyl (C=O) groups excluding carboxylic acids is 4. The third kappa shape index (κ3) is 7.62. The molecule has 2 atom stereocenters. The van der Waals surface area contributed by atoms with Gasteiger partial charge in [-0.05, 0) is 37.1 Å². The standard InChI is InChI=1S/C35H35N5O6/c1-3-46-35(44)40-19-18-36-22-30(40)31(41)28(20-23-14-16-26(17-15-23)34(43)45-2)39-33(42)29-21-27(24-10-6-4-7-11-24)37-32(38-29)25-12-8-5-9-13-25/h4-17,21,28,30,36H,3,18-20,22H2,1-2H3,(H,39,42). The average Bonchev–Trinajstić information content (AvgIpc) is 3.11. The molecule has 3 aromatic carbocycles. The molecule has 1 aliphatic rings. The van der Waals surface area contributed by atoms with Crippen molar-refractivity contribution in [2.45, 2.75) is 25.4 Å². The van der Waals surface area contributed by atoms with Crippen molar-refractivity contribution >= 4 is 23.8 Å². The van der Waals surface area contributed by atoms with Gasteiger partial charge in [-0.1, -0.05) is 72.8 Å². The van der Waals surface area contributed by atoms with Gasteiger partial charge in [0.05, 0.1) is 31.0 Å². The first kappa shape index (κ1) is 32.0. The van der Waals surface area contributed by atoms with Crippen LogP contribution in [-0.2, 0) is 20.7 Å². The maximum Gasteiger partial charge on any atom is 0.410 e. The Hall–Kier alpha value is -5.42. The fraction of sp³-hybridized carbons (Fsp3) is 0.257. The topological polar surface area (TPSA) is 140 Å². The van der Waals surface area contributed by atoms with Crippen LogP contribution in [0.15, 0.2) is 91.0 Å². The van der Waals surface area contributed by atoms with Crippen LogP contribution in [0.25, 0.3) is 22.6 Å². The van der Waals surface area contributed by atoms with Gasteiger partial charge in [-0.2, -0.15) is 0 Å². The first-order valence-electron chi connectivity index (χ1n) is 15.0. The molecule has 236 valence electrons. The molecule has 0 radical (unpaired) electrons. The number of piperazine rings is 1. The highest BCUT2D eigenvalue weighted by Crippen LogP contribution is 2.23. The second kappa shape index (κ2) is 15.0. The molecule has 5 rings (SSSR count). The van der Waals surface area contributed by atoms with Crippen LogP contribution in [0, 0.1) is 0 Å². The lowest BCUT2D eigenvalue weighted by atomic mass is 9.95. The van der Waals surface area contributed by atoms with E-state index in [0.29, 0.717) is 29.2 Å². The Balaban J connectivity index is 1.50. The number of rotatable bonds is 10. The van der Waals surface area contributed by atoms with Gasteiger partial charge in [-0.15, -0.1) is 0 Å². The van der Waals surface area contributed by atoms with Crippen LogP contribution in [0.1, 0.15) is 33.3 Å². The van der Waals surface area contributed by atoms with Gasteiger partial charge in [0.25, 0.3) is 5.91 Å². The third-order valence-corrected chi connectivity index (χ3v) is 7.60. The summed E-state index contributed by atoms with van der Waals surface area (Å²) in [5, 5.41) is 6.07. The molecule has 0 bridgehead atoms. The van der Waals surface area contributed by atoms with Crippen molar-refractivity contribution in [3.05, 3.63) is 108 Å². The smallest absolute Gasteiger partial charge is 0.410 e. The lowest BCUT2D eigenvalue weighted by molar-refractivity contribution is -0.126. The predicted octanol–water partition coefficient (Wildman–Crippen LogP) is 3.94. The molecule has 2 amide bonds. The Morgan fingerprint density at radius 2 is 1.61 bits per heavy atom. The van der Waals surface area contributed by atoms with Crippen LogP contribution in [0.3, 0.4) is 0 Å². The highest BCUT2D eigenvalue weighted by atomic mass is 16.6. The minimum atomic E-state index is -1.05. The summed E-state index contributed by atoms with van der Waals surface area (Å²) < 4.78 is 10.0. The Labute approximate surface area is 267 Å². The second-order valence-corrected chi connectivity index (χ2v) is 10.6. The monoisotopic (exact) mass is 621 g/mol. The molecule has 11 nitrogen and oxygen atoms in total. The molecule has 11 heteroatoms. The number of carbonyl (C=O) groups is 4. The molecule has 2 N–H and O–H groups in total. The van der Waals surface area contributed by atoms with Crippen LogP contribution in [0.4, 0.5) is 4.79 Å². The van der Waals surface area contributed by atoms with E-state index in [9.17, 15) is 19.2 Å². The van der Waals surface area contributed by atoms with E-state index in [-0.39, 0.29) is 37.6 Å². The molecule has 1 aromatic heterocycles. The molecule has 1 saturated heterocycles. The van der Waals surface area contributed by atoms with Gasteiger partial charge in [-0.25, -0.2) is 19.6 Å². The van der Waals surface area contributed by atoms with E-state index in [1.807, 2.05) is 60.7 Å². The van der Waals surface area contributed by atoms with E-state index in [1.165, 1.54) is 12.0 Å². The molecule has 1 aliphatic heterocycles. The van der Waals surface area contributed by atoms with Crippen LogP contribution in [0.2, 0.25) is 0 Å². The van der Waals surface area contributed by atoms with Gasteiger partial charge < -0.3 is 20.1 Å². The number of Topliss-reactive ketones (excluding diaryl/α,β-unsaturated/α-hetero) is 1. The van der Waals surface area contributed by atoms with Crippen molar-refractivity contribution in [3.8, 4) is 22.6 Å². The molecule has 4 aromatic rings. The van der Waals surface area contributed by atoms with Crippen LogP contribution < -0.4 is 10.6 Å². The zero-order chi connectivity index (χ0) is 32.5. The summed E-state index contributed by atoms with van der Waals surface area (Å²) in [4.78, 5) is 63.6. The van der Waals surface area contributed by atoms with E-state index in [2.05, 4.69) is 15.6 Å². The Bertz CT molecular complexity index is 1620. The fourth-order valence-corrected chi connectivity index (χ4v) is 5.24. The van der Waals surface area contributed by atoms with Crippen molar-refractivity contribution in [2.75, 3.05) is 33.4 Å². The Morgan fingerprint density at radius 1 is 0.935 bits per heavy atom. The van der Waals surface area contributed by atoms with Crippen molar-refractivity contribution in [2.24, 2.45) is 0 Å². The number of benzene rings is 3. The molecule has 1 fully saturated rings. The van der Waals surface area contributed by atoms with E-state index in [1.54, 1.807) is 37.3 Å². The lowest BCUT2D eigenvalue weighted by Gasteiger charge is -2.36. The molecule has 2 heterocycles. The minimum absolute atomic E-state index is 0.0792.